The summed E-state index contributed by atoms with van der Waals surface area (Å²) in [5.74, 6) is -0.106. The van der Waals surface area contributed by atoms with Crippen molar-refractivity contribution >= 4 is 16.9 Å². The van der Waals surface area contributed by atoms with E-state index in [1.165, 1.54) is 0 Å². The van der Waals surface area contributed by atoms with Crippen molar-refractivity contribution in [3.63, 3.8) is 0 Å². The highest BCUT2D eigenvalue weighted by Crippen LogP contribution is 2.11. The number of carbonyl (C=O) groups excluding carboxylic acids is 1. The summed E-state index contributed by atoms with van der Waals surface area (Å²) in [4.78, 5) is 18.9. The molecule has 17 heavy (non-hydrogen) atoms. The van der Waals surface area contributed by atoms with Gasteiger partial charge >= 0.3 is 0 Å². The van der Waals surface area contributed by atoms with Gasteiger partial charge < -0.3 is 16.0 Å². The Morgan fingerprint density at radius 3 is 3.18 bits per heavy atom. The fraction of sp³-hybridized carbons (Fsp3) is 0.333. The third-order valence-corrected chi connectivity index (χ3v) is 2.73. The van der Waals surface area contributed by atoms with Crippen LogP contribution in [0.25, 0.3) is 11.0 Å². The molecular formula is C12H16N4O. The Hall–Kier alpha value is -1.88. The predicted octanol–water partition coefficient (Wildman–Crippen LogP) is 1.03. The number of rotatable bonds is 4. The third-order valence-electron chi connectivity index (χ3n) is 2.73. The van der Waals surface area contributed by atoms with E-state index in [4.69, 9.17) is 5.73 Å². The molecule has 90 valence electrons. The molecule has 2 rings (SSSR count). The van der Waals surface area contributed by atoms with Crippen molar-refractivity contribution in [2.45, 2.75) is 19.4 Å². The molecule has 0 fully saturated rings. The molecule has 0 bridgehead atoms. The first-order valence-electron chi connectivity index (χ1n) is 5.67. The molecule has 0 saturated carbocycles. The van der Waals surface area contributed by atoms with E-state index in [1.54, 1.807) is 18.5 Å². The van der Waals surface area contributed by atoms with Crippen molar-refractivity contribution in [1.82, 2.24) is 15.3 Å². The third kappa shape index (κ3) is 2.62. The van der Waals surface area contributed by atoms with Crippen LogP contribution in [-0.4, -0.2) is 28.5 Å². The number of amides is 1. The molecule has 5 heteroatoms. The lowest BCUT2D eigenvalue weighted by molar-refractivity contribution is 0.0951. The summed E-state index contributed by atoms with van der Waals surface area (Å²) in [6, 6.07) is 5.38. The standard InChI is InChI=1S/C12H16N4O/c1-2-9(13)6-14-12(17)8-3-4-10-11(5-8)16-7-15-10/h3-5,7,9H,2,6,13H2,1H3,(H,14,17)(H,15,16). The van der Waals surface area contributed by atoms with Crippen molar-refractivity contribution in [3.8, 4) is 0 Å². The van der Waals surface area contributed by atoms with Crippen LogP contribution in [0, 0.1) is 0 Å². The molecule has 0 aliphatic carbocycles. The molecule has 0 spiro atoms. The van der Waals surface area contributed by atoms with Gasteiger partial charge in [-0.3, -0.25) is 4.79 Å². The van der Waals surface area contributed by atoms with E-state index in [2.05, 4.69) is 15.3 Å². The minimum Gasteiger partial charge on any atom is -0.350 e. The monoisotopic (exact) mass is 232 g/mol. The van der Waals surface area contributed by atoms with E-state index in [0.29, 0.717) is 12.1 Å². The lowest BCUT2D eigenvalue weighted by Gasteiger charge is -2.10. The number of hydrogen-bond acceptors (Lipinski definition) is 3. The fourth-order valence-corrected chi connectivity index (χ4v) is 1.55. The van der Waals surface area contributed by atoms with Gasteiger partial charge in [-0.25, -0.2) is 4.98 Å². The largest absolute Gasteiger partial charge is 0.350 e. The van der Waals surface area contributed by atoms with Gasteiger partial charge in [0.25, 0.3) is 5.91 Å². The summed E-state index contributed by atoms with van der Waals surface area (Å²) in [7, 11) is 0. The minimum absolute atomic E-state index is 0.00911. The number of hydrogen-bond donors (Lipinski definition) is 3. The molecule has 5 nitrogen and oxygen atoms in total. The number of nitrogens with zero attached hydrogens (tertiary/aromatic N) is 1. The second kappa shape index (κ2) is 4.97. The number of nitrogens with one attached hydrogen (secondary N) is 2. The number of H-pyrrole nitrogens is 1. The maximum absolute atomic E-state index is 11.8. The summed E-state index contributed by atoms with van der Waals surface area (Å²) in [6.07, 6.45) is 2.46. The van der Waals surface area contributed by atoms with Gasteiger partial charge in [0.05, 0.1) is 17.4 Å². The summed E-state index contributed by atoms with van der Waals surface area (Å²) in [6.45, 7) is 2.49. The number of nitrogens with two attached hydrogens (primary N) is 1. The predicted molar refractivity (Wildman–Crippen MR) is 66.7 cm³/mol. The number of aromatic amines is 1. The zero-order chi connectivity index (χ0) is 12.3. The van der Waals surface area contributed by atoms with E-state index < -0.39 is 0 Å². The van der Waals surface area contributed by atoms with E-state index in [-0.39, 0.29) is 11.9 Å². The van der Waals surface area contributed by atoms with E-state index in [9.17, 15) is 4.79 Å². The van der Waals surface area contributed by atoms with Crippen LogP contribution in [0.4, 0.5) is 0 Å². The van der Waals surface area contributed by atoms with Gasteiger partial charge in [0.1, 0.15) is 0 Å². The Balaban J connectivity index is 2.08. The molecule has 1 amide bonds. The number of aromatic nitrogens is 2. The molecule has 4 N–H and O–H groups in total. The van der Waals surface area contributed by atoms with Crippen molar-refractivity contribution < 1.29 is 4.79 Å². The first kappa shape index (κ1) is 11.6. The van der Waals surface area contributed by atoms with Gasteiger partial charge in [-0.1, -0.05) is 6.92 Å². The summed E-state index contributed by atoms with van der Waals surface area (Å²) in [5.41, 5.74) is 8.07. The smallest absolute Gasteiger partial charge is 0.251 e. The Bertz CT molecular complexity index is 520. The zero-order valence-corrected chi connectivity index (χ0v) is 9.73. The highest BCUT2D eigenvalue weighted by Gasteiger charge is 2.08. The van der Waals surface area contributed by atoms with Gasteiger partial charge in [0.2, 0.25) is 0 Å². The number of carbonyl (C=O) groups is 1. The quantitative estimate of drug-likeness (QED) is 0.736. The van der Waals surface area contributed by atoms with Crippen LogP contribution in [0.2, 0.25) is 0 Å². The van der Waals surface area contributed by atoms with Crippen LogP contribution in [0.15, 0.2) is 24.5 Å². The maximum Gasteiger partial charge on any atom is 0.251 e. The van der Waals surface area contributed by atoms with Crippen molar-refractivity contribution in [2.24, 2.45) is 5.73 Å². The van der Waals surface area contributed by atoms with E-state index in [0.717, 1.165) is 17.5 Å². The van der Waals surface area contributed by atoms with Crippen LogP contribution in [0.1, 0.15) is 23.7 Å². The molecule has 1 aromatic carbocycles. The zero-order valence-electron chi connectivity index (χ0n) is 9.73. The molecule has 0 saturated heterocycles. The Morgan fingerprint density at radius 1 is 1.59 bits per heavy atom. The summed E-state index contributed by atoms with van der Waals surface area (Å²) >= 11 is 0. The van der Waals surface area contributed by atoms with Crippen molar-refractivity contribution in [2.75, 3.05) is 6.54 Å². The average molecular weight is 232 g/mol. The molecule has 1 heterocycles. The normalized spacial score (nSPS) is 12.6. The second-order valence-electron chi connectivity index (χ2n) is 4.01. The maximum atomic E-state index is 11.8. The van der Waals surface area contributed by atoms with Crippen LogP contribution in [0.5, 0.6) is 0 Å². The highest BCUT2D eigenvalue weighted by molar-refractivity contribution is 5.97. The highest BCUT2D eigenvalue weighted by atomic mass is 16.1. The van der Waals surface area contributed by atoms with E-state index in [1.807, 2.05) is 13.0 Å². The van der Waals surface area contributed by atoms with Gasteiger partial charge in [-0.2, -0.15) is 0 Å². The number of fused-ring (bicyclic) bond motifs is 1. The first-order chi connectivity index (χ1) is 8.20. The Labute approximate surface area is 99.4 Å². The molecule has 0 aliphatic rings. The molecule has 1 atom stereocenters. The minimum atomic E-state index is -0.106. The van der Waals surface area contributed by atoms with Gasteiger partial charge in [-0.15, -0.1) is 0 Å². The fourth-order valence-electron chi connectivity index (χ4n) is 1.55. The van der Waals surface area contributed by atoms with Crippen LogP contribution in [0.3, 0.4) is 0 Å². The van der Waals surface area contributed by atoms with Gasteiger partial charge in [-0.05, 0) is 24.6 Å². The molecule has 1 aromatic heterocycles. The SMILES string of the molecule is CCC(N)CNC(=O)c1ccc2nc[nH]c2c1. The van der Waals surface area contributed by atoms with Crippen molar-refractivity contribution in [1.29, 1.82) is 0 Å². The molecule has 0 aliphatic heterocycles. The van der Waals surface area contributed by atoms with Crippen LogP contribution in [-0.2, 0) is 0 Å². The van der Waals surface area contributed by atoms with E-state index >= 15 is 0 Å². The number of imidazole rings is 1. The lowest BCUT2D eigenvalue weighted by atomic mass is 10.1. The van der Waals surface area contributed by atoms with Crippen LogP contribution >= 0.6 is 0 Å². The van der Waals surface area contributed by atoms with Gasteiger partial charge in [0, 0.05) is 18.2 Å². The molecule has 0 radical (unpaired) electrons. The number of benzene rings is 1. The van der Waals surface area contributed by atoms with Crippen LogP contribution < -0.4 is 11.1 Å². The Kier molecular flexibility index (Phi) is 3.39. The average Bonchev–Trinajstić information content (AvgIpc) is 2.82. The second-order valence-corrected chi connectivity index (χ2v) is 4.01. The Morgan fingerprint density at radius 2 is 2.41 bits per heavy atom. The van der Waals surface area contributed by atoms with Crippen molar-refractivity contribution in [3.05, 3.63) is 30.1 Å². The first-order valence-corrected chi connectivity index (χ1v) is 5.67. The molecule has 2 aromatic rings. The molecular weight excluding hydrogens is 216 g/mol. The topological polar surface area (TPSA) is 83.8 Å². The summed E-state index contributed by atoms with van der Waals surface area (Å²) in [5, 5.41) is 2.81. The molecule has 1 unspecified atom stereocenters. The van der Waals surface area contributed by atoms with Gasteiger partial charge in [0.15, 0.2) is 0 Å². The lowest BCUT2D eigenvalue weighted by Crippen LogP contribution is -2.36. The summed E-state index contributed by atoms with van der Waals surface area (Å²) < 4.78 is 0.